The van der Waals surface area contributed by atoms with E-state index in [0.29, 0.717) is 5.69 Å². The van der Waals surface area contributed by atoms with E-state index in [2.05, 4.69) is 5.32 Å². The smallest absolute Gasteiger partial charge is 0.259 e. The highest BCUT2D eigenvalue weighted by molar-refractivity contribution is 7.98. The third-order valence-corrected chi connectivity index (χ3v) is 5.34. The Bertz CT molecular complexity index is 835. The topological polar surface area (TPSA) is 69.6 Å². The van der Waals surface area contributed by atoms with E-state index < -0.39 is 17.6 Å². The van der Waals surface area contributed by atoms with E-state index >= 15 is 0 Å². The lowest BCUT2D eigenvalue weighted by molar-refractivity contribution is -0.116. The second kappa shape index (κ2) is 8.86. The van der Waals surface area contributed by atoms with Crippen LogP contribution >= 0.6 is 46.6 Å². The highest BCUT2D eigenvalue weighted by atomic mass is 35.5. The van der Waals surface area contributed by atoms with Crippen molar-refractivity contribution in [2.45, 2.75) is 4.90 Å². The Morgan fingerprint density at radius 3 is 2.50 bits per heavy atom. The van der Waals surface area contributed by atoms with Gasteiger partial charge < -0.3 is 15.3 Å². The molecule has 2 aromatic rings. The molecule has 0 saturated carbocycles. The summed E-state index contributed by atoms with van der Waals surface area (Å²) in [5.41, 5.74) is 0.404. The zero-order chi connectivity index (χ0) is 19.4. The summed E-state index contributed by atoms with van der Waals surface area (Å²) in [6.45, 7) is -0.249. The molecule has 0 saturated heterocycles. The van der Waals surface area contributed by atoms with Crippen LogP contribution in [0.3, 0.4) is 0 Å². The number of phenolic OH excluding ortho intramolecular Hbond substituents is 1. The molecule has 0 radical (unpaired) electrons. The number of aromatic hydroxyl groups is 1. The van der Waals surface area contributed by atoms with E-state index in [9.17, 15) is 14.7 Å². The van der Waals surface area contributed by atoms with Crippen molar-refractivity contribution in [1.29, 1.82) is 0 Å². The Morgan fingerprint density at radius 1 is 1.19 bits per heavy atom. The predicted octanol–water partition coefficient (Wildman–Crippen LogP) is 4.79. The molecule has 9 heteroatoms. The molecule has 2 amide bonds. The molecule has 0 spiro atoms. The van der Waals surface area contributed by atoms with Gasteiger partial charge in [-0.3, -0.25) is 9.59 Å². The van der Waals surface area contributed by atoms with Crippen LogP contribution in [0, 0.1) is 0 Å². The molecule has 0 heterocycles. The van der Waals surface area contributed by atoms with Crippen molar-refractivity contribution in [2.24, 2.45) is 0 Å². The molecule has 0 bridgehead atoms. The third kappa shape index (κ3) is 4.57. The maximum Gasteiger partial charge on any atom is 0.259 e. The van der Waals surface area contributed by atoms with Crippen molar-refractivity contribution in [3.63, 3.8) is 0 Å². The van der Waals surface area contributed by atoms with Crippen LogP contribution in [-0.2, 0) is 4.79 Å². The first kappa shape index (κ1) is 20.7. The van der Waals surface area contributed by atoms with Gasteiger partial charge in [0.1, 0.15) is 11.3 Å². The van der Waals surface area contributed by atoms with Crippen LogP contribution in [0.4, 0.5) is 5.69 Å². The number of hydrogen-bond acceptors (Lipinski definition) is 4. The summed E-state index contributed by atoms with van der Waals surface area (Å²) < 4.78 is 0. The number of phenols is 1. The summed E-state index contributed by atoms with van der Waals surface area (Å²) in [7, 11) is 1.41. The number of hydrogen-bond donors (Lipinski definition) is 2. The Hall–Kier alpha value is -1.60. The van der Waals surface area contributed by atoms with E-state index in [1.54, 1.807) is 12.1 Å². The Labute approximate surface area is 170 Å². The van der Waals surface area contributed by atoms with Crippen molar-refractivity contribution in [3.8, 4) is 5.75 Å². The van der Waals surface area contributed by atoms with Gasteiger partial charge in [-0.25, -0.2) is 0 Å². The van der Waals surface area contributed by atoms with E-state index in [1.165, 1.54) is 24.9 Å². The van der Waals surface area contributed by atoms with Crippen LogP contribution in [0.15, 0.2) is 35.2 Å². The Kier molecular flexibility index (Phi) is 7.06. The fourth-order valence-corrected chi connectivity index (χ4v) is 3.44. The fraction of sp³-hybridized carbons (Fsp3) is 0.176. The van der Waals surface area contributed by atoms with Crippen molar-refractivity contribution < 1.29 is 14.7 Å². The molecule has 2 rings (SSSR count). The normalized spacial score (nSPS) is 10.5. The minimum atomic E-state index is -0.676. The molecular formula is C17H15Cl3N2O3S. The zero-order valence-corrected chi connectivity index (χ0v) is 16.9. The monoisotopic (exact) mass is 432 g/mol. The summed E-state index contributed by atoms with van der Waals surface area (Å²) in [6, 6.07) is 8.55. The number of carbonyl (C=O) groups is 2. The highest BCUT2D eigenvalue weighted by Gasteiger charge is 2.25. The number of nitrogens with one attached hydrogen (secondary N) is 1. The van der Waals surface area contributed by atoms with Gasteiger partial charge in [-0.2, -0.15) is 0 Å². The van der Waals surface area contributed by atoms with Crippen molar-refractivity contribution in [2.75, 3.05) is 25.2 Å². The highest BCUT2D eigenvalue weighted by Crippen LogP contribution is 2.38. The molecule has 0 unspecified atom stereocenters. The molecule has 2 aromatic carbocycles. The number of carbonyl (C=O) groups excluding carboxylic acids is 2. The minimum Gasteiger partial charge on any atom is -0.505 e. The standard InChI is InChI=1S/C17H15Cl3N2O3S/c1-22(8-13(23)21-11-5-3-4-6-12(11)26-2)17(25)14-15(20)9(18)7-10(19)16(14)24/h3-7,24H,8H2,1-2H3,(H,21,23). The molecule has 0 aliphatic rings. The Balaban J connectivity index is 2.16. The van der Waals surface area contributed by atoms with E-state index in [0.717, 1.165) is 9.80 Å². The third-order valence-electron chi connectivity index (χ3n) is 3.47. The molecule has 5 nitrogen and oxygen atoms in total. The largest absolute Gasteiger partial charge is 0.505 e. The summed E-state index contributed by atoms with van der Waals surface area (Å²) in [4.78, 5) is 26.9. The van der Waals surface area contributed by atoms with Crippen LogP contribution < -0.4 is 5.32 Å². The van der Waals surface area contributed by atoms with Crippen LogP contribution in [0.1, 0.15) is 10.4 Å². The molecular weight excluding hydrogens is 419 g/mol. The summed E-state index contributed by atoms with van der Waals surface area (Å²) >= 11 is 19.3. The van der Waals surface area contributed by atoms with Crippen molar-refractivity contribution >= 4 is 64.1 Å². The molecule has 0 aliphatic carbocycles. The molecule has 2 N–H and O–H groups in total. The van der Waals surface area contributed by atoms with Gasteiger partial charge in [-0.05, 0) is 24.5 Å². The lowest BCUT2D eigenvalue weighted by atomic mass is 10.1. The van der Waals surface area contributed by atoms with Gasteiger partial charge in [-0.1, -0.05) is 46.9 Å². The zero-order valence-electron chi connectivity index (χ0n) is 13.8. The number of nitrogens with zero attached hydrogens (tertiary/aromatic N) is 1. The number of amides is 2. The maximum atomic E-state index is 12.6. The number of para-hydroxylation sites is 1. The van der Waals surface area contributed by atoms with Crippen LogP contribution in [0.5, 0.6) is 5.75 Å². The van der Waals surface area contributed by atoms with Gasteiger partial charge in [0.2, 0.25) is 5.91 Å². The van der Waals surface area contributed by atoms with Crippen molar-refractivity contribution in [3.05, 3.63) is 51.0 Å². The van der Waals surface area contributed by atoms with Crippen LogP contribution in [0.25, 0.3) is 0 Å². The number of thioether (sulfide) groups is 1. The summed E-state index contributed by atoms with van der Waals surface area (Å²) in [5.74, 6) is -1.55. The van der Waals surface area contributed by atoms with Gasteiger partial charge in [0.15, 0.2) is 0 Å². The molecule has 0 atom stereocenters. The molecule has 138 valence electrons. The molecule has 26 heavy (non-hydrogen) atoms. The quantitative estimate of drug-likeness (QED) is 0.525. The second-order valence-electron chi connectivity index (χ2n) is 5.29. The van der Waals surface area contributed by atoms with E-state index in [-0.39, 0.29) is 27.2 Å². The van der Waals surface area contributed by atoms with Gasteiger partial charge in [0.05, 0.1) is 27.3 Å². The van der Waals surface area contributed by atoms with Crippen molar-refractivity contribution in [1.82, 2.24) is 4.90 Å². The van der Waals surface area contributed by atoms with Gasteiger partial charge in [0.25, 0.3) is 5.91 Å². The van der Waals surface area contributed by atoms with Crippen LogP contribution in [-0.4, -0.2) is 41.7 Å². The number of halogens is 3. The number of anilines is 1. The summed E-state index contributed by atoms with van der Waals surface area (Å²) in [5, 5.41) is 12.6. The number of benzene rings is 2. The minimum absolute atomic E-state index is 0.0320. The average molecular weight is 434 g/mol. The SMILES string of the molecule is CSc1ccccc1NC(=O)CN(C)C(=O)c1c(O)c(Cl)cc(Cl)c1Cl. The number of rotatable bonds is 5. The molecule has 0 fully saturated rings. The molecule has 0 aromatic heterocycles. The average Bonchev–Trinajstić information content (AvgIpc) is 2.60. The van der Waals surface area contributed by atoms with Gasteiger partial charge >= 0.3 is 0 Å². The maximum absolute atomic E-state index is 12.6. The lowest BCUT2D eigenvalue weighted by Crippen LogP contribution is -2.35. The van der Waals surface area contributed by atoms with Crippen LogP contribution in [0.2, 0.25) is 15.1 Å². The summed E-state index contributed by atoms with van der Waals surface area (Å²) in [6.07, 6.45) is 1.90. The first-order valence-electron chi connectivity index (χ1n) is 7.31. The second-order valence-corrected chi connectivity index (χ2v) is 7.33. The fourth-order valence-electron chi connectivity index (χ4n) is 2.20. The lowest BCUT2D eigenvalue weighted by Gasteiger charge is -2.19. The molecule has 0 aliphatic heterocycles. The van der Waals surface area contributed by atoms with Gasteiger partial charge in [-0.15, -0.1) is 11.8 Å². The van der Waals surface area contributed by atoms with E-state index in [4.69, 9.17) is 34.8 Å². The van der Waals surface area contributed by atoms with E-state index in [1.807, 2.05) is 18.4 Å². The Morgan fingerprint density at radius 2 is 1.85 bits per heavy atom. The first-order chi connectivity index (χ1) is 12.3. The first-order valence-corrected chi connectivity index (χ1v) is 9.67. The predicted molar refractivity (Wildman–Crippen MR) is 107 cm³/mol. The van der Waals surface area contributed by atoms with Gasteiger partial charge in [0, 0.05) is 11.9 Å². The number of likely N-dealkylation sites (N-methyl/N-ethyl adjacent to an activating group) is 1.